The summed E-state index contributed by atoms with van der Waals surface area (Å²) in [5.41, 5.74) is 0. The van der Waals surface area contributed by atoms with E-state index < -0.39 is 0 Å². The lowest BCUT2D eigenvalue weighted by Crippen LogP contribution is -2.25. The molecule has 0 radical (unpaired) electrons. The molecule has 2 saturated heterocycles. The van der Waals surface area contributed by atoms with Gasteiger partial charge >= 0.3 is 11.9 Å². The van der Waals surface area contributed by atoms with Gasteiger partial charge in [0.1, 0.15) is 0 Å². The third-order valence-corrected chi connectivity index (χ3v) is 6.30. The van der Waals surface area contributed by atoms with E-state index in [0.717, 1.165) is 38.5 Å². The van der Waals surface area contributed by atoms with E-state index in [0.29, 0.717) is 50.3 Å². The van der Waals surface area contributed by atoms with Crippen molar-refractivity contribution in [2.45, 2.75) is 82.7 Å². The molecule has 6 heteroatoms. The van der Waals surface area contributed by atoms with Crippen LogP contribution in [0.15, 0.2) is 0 Å². The Labute approximate surface area is 154 Å². The lowest BCUT2D eigenvalue weighted by Gasteiger charge is -2.19. The molecule has 0 N–H and O–H groups in total. The van der Waals surface area contributed by atoms with Gasteiger partial charge in [-0.2, -0.15) is 0 Å². The molecule has 4 fully saturated rings. The van der Waals surface area contributed by atoms with Crippen LogP contribution >= 0.6 is 0 Å². The van der Waals surface area contributed by atoms with Crippen molar-refractivity contribution >= 4 is 11.9 Å². The van der Waals surface area contributed by atoms with Crippen LogP contribution < -0.4 is 0 Å². The number of rotatable bonds is 8. The number of fused-ring (bicyclic) bond motifs is 2. The molecule has 0 aromatic carbocycles. The summed E-state index contributed by atoms with van der Waals surface area (Å²) in [4.78, 5) is 24.1. The van der Waals surface area contributed by atoms with Gasteiger partial charge in [-0.15, -0.1) is 0 Å². The molecular formula is C20H30O6. The van der Waals surface area contributed by atoms with E-state index in [1.54, 1.807) is 0 Å². The van der Waals surface area contributed by atoms with Gasteiger partial charge in [0.05, 0.1) is 43.5 Å². The SMILES string of the molecule is CC(CCOC(=O)C1CC[C@@H]2OC2C1)CC(=O)OCC1CCC2OC2C1. The zero-order valence-corrected chi connectivity index (χ0v) is 15.6. The average Bonchev–Trinajstić information content (AvgIpc) is 3.52. The van der Waals surface area contributed by atoms with E-state index in [1.165, 1.54) is 0 Å². The van der Waals surface area contributed by atoms with E-state index in [9.17, 15) is 9.59 Å². The van der Waals surface area contributed by atoms with Crippen LogP contribution in [-0.2, 0) is 28.5 Å². The summed E-state index contributed by atoms with van der Waals surface area (Å²) in [6, 6.07) is 0. The molecule has 7 atom stereocenters. The van der Waals surface area contributed by atoms with Crippen molar-refractivity contribution in [2.75, 3.05) is 13.2 Å². The summed E-state index contributed by atoms with van der Waals surface area (Å²) in [7, 11) is 0. The minimum atomic E-state index is -0.146. The van der Waals surface area contributed by atoms with E-state index in [-0.39, 0.29) is 29.9 Å². The molecular weight excluding hydrogens is 336 g/mol. The first-order valence-electron chi connectivity index (χ1n) is 10.2. The van der Waals surface area contributed by atoms with Crippen molar-refractivity contribution in [3.63, 3.8) is 0 Å². The van der Waals surface area contributed by atoms with E-state index >= 15 is 0 Å². The topological polar surface area (TPSA) is 77.7 Å². The van der Waals surface area contributed by atoms with Crippen LogP contribution in [0.25, 0.3) is 0 Å². The molecule has 2 aliphatic carbocycles. The van der Waals surface area contributed by atoms with Crippen molar-refractivity contribution in [3.8, 4) is 0 Å². The molecule has 0 aromatic heterocycles. The maximum atomic E-state index is 12.1. The molecule has 4 rings (SSSR count). The highest BCUT2D eigenvalue weighted by Crippen LogP contribution is 2.40. The second kappa shape index (κ2) is 7.85. The maximum absolute atomic E-state index is 12.1. The van der Waals surface area contributed by atoms with E-state index in [4.69, 9.17) is 18.9 Å². The molecule has 2 aliphatic heterocycles. The van der Waals surface area contributed by atoms with E-state index in [1.807, 2.05) is 6.92 Å². The molecule has 0 spiro atoms. The Morgan fingerprint density at radius 1 is 0.962 bits per heavy atom. The summed E-state index contributed by atoms with van der Waals surface area (Å²) in [5.74, 6) is 0.341. The van der Waals surface area contributed by atoms with Crippen LogP contribution in [0.1, 0.15) is 58.3 Å². The number of epoxide rings is 2. The number of hydrogen-bond donors (Lipinski definition) is 0. The Kier molecular flexibility index (Phi) is 5.50. The Morgan fingerprint density at radius 3 is 2.42 bits per heavy atom. The van der Waals surface area contributed by atoms with Crippen LogP contribution in [0.4, 0.5) is 0 Å². The van der Waals surface area contributed by atoms with Gasteiger partial charge in [-0.3, -0.25) is 9.59 Å². The summed E-state index contributed by atoms with van der Waals surface area (Å²) in [5, 5.41) is 0. The van der Waals surface area contributed by atoms with Crippen LogP contribution in [0.3, 0.4) is 0 Å². The summed E-state index contributed by atoms with van der Waals surface area (Å²) in [6.45, 7) is 2.89. The summed E-state index contributed by atoms with van der Waals surface area (Å²) >= 11 is 0. The minimum Gasteiger partial charge on any atom is -0.465 e. The van der Waals surface area contributed by atoms with Crippen LogP contribution in [0.2, 0.25) is 0 Å². The maximum Gasteiger partial charge on any atom is 0.309 e. The first kappa shape index (κ1) is 18.2. The van der Waals surface area contributed by atoms with Gasteiger partial charge in [0.25, 0.3) is 0 Å². The zero-order valence-electron chi connectivity index (χ0n) is 15.6. The van der Waals surface area contributed by atoms with Crippen LogP contribution in [-0.4, -0.2) is 49.6 Å². The van der Waals surface area contributed by atoms with Crippen LogP contribution in [0.5, 0.6) is 0 Å². The third kappa shape index (κ3) is 4.77. The quantitative estimate of drug-likeness (QED) is 0.485. The monoisotopic (exact) mass is 366 g/mol. The Hall–Kier alpha value is -1.14. The lowest BCUT2D eigenvalue weighted by molar-refractivity contribution is -0.150. The molecule has 6 unspecified atom stereocenters. The molecule has 0 bridgehead atoms. The second-order valence-electron chi connectivity index (χ2n) is 8.56. The zero-order chi connectivity index (χ0) is 18.1. The predicted octanol–water partition coefficient (Wildman–Crippen LogP) is 2.62. The number of carbonyl (C=O) groups excluding carboxylic acids is 2. The number of carbonyl (C=O) groups is 2. The molecule has 4 aliphatic rings. The van der Waals surface area contributed by atoms with Gasteiger partial charge in [-0.1, -0.05) is 6.92 Å². The van der Waals surface area contributed by atoms with Gasteiger partial charge in [-0.25, -0.2) is 0 Å². The Balaban J connectivity index is 1.06. The van der Waals surface area contributed by atoms with E-state index in [2.05, 4.69) is 0 Å². The predicted molar refractivity (Wildman–Crippen MR) is 92.3 cm³/mol. The van der Waals surface area contributed by atoms with Gasteiger partial charge in [0.2, 0.25) is 0 Å². The minimum absolute atomic E-state index is 0.00967. The highest BCUT2D eigenvalue weighted by Gasteiger charge is 2.46. The average molecular weight is 366 g/mol. The Morgan fingerprint density at radius 2 is 1.69 bits per heavy atom. The molecule has 146 valence electrons. The molecule has 26 heavy (non-hydrogen) atoms. The van der Waals surface area contributed by atoms with Gasteiger partial charge in [-0.05, 0) is 56.8 Å². The van der Waals surface area contributed by atoms with Crippen molar-refractivity contribution < 1.29 is 28.5 Å². The molecule has 0 aromatic rings. The fraction of sp³-hybridized carbons (Fsp3) is 0.900. The third-order valence-electron chi connectivity index (χ3n) is 6.30. The molecule has 2 heterocycles. The summed E-state index contributed by atoms with van der Waals surface area (Å²) in [6.07, 6.45) is 8.53. The molecule has 0 amide bonds. The van der Waals surface area contributed by atoms with Crippen molar-refractivity contribution in [1.82, 2.24) is 0 Å². The first-order valence-corrected chi connectivity index (χ1v) is 10.2. The van der Waals surface area contributed by atoms with Crippen LogP contribution in [0, 0.1) is 17.8 Å². The standard InChI is InChI=1S/C20H30O6/c1-12(6-7-23-20(22)14-3-5-16-18(10-14)26-16)8-19(21)24-11-13-2-4-15-17(9-13)25-15/h12-18H,2-11H2,1H3/t12?,13?,14?,15?,16-,17?,18?/m0/s1. The van der Waals surface area contributed by atoms with Gasteiger partial charge in [0, 0.05) is 6.42 Å². The molecule has 6 nitrogen and oxygen atoms in total. The first-order chi connectivity index (χ1) is 12.6. The summed E-state index contributed by atoms with van der Waals surface area (Å²) < 4.78 is 21.8. The highest BCUT2D eigenvalue weighted by atomic mass is 16.6. The number of hydrogen-bond acceptors (Lipinski definition) is 6. The van der Waals surface area contributed by atoms with Gasteiger partial charge in [0.15, 0.2) is 0 Å². The van der Waals surface area contributed by atoms with Crippen molar-refractivity contribution in [3.05, 3.63) is 0 Å². The van der Waals surface area contributed by atoms with Gasteiger partial charge < -0.3 is 18.9 Å². The van der Waals surface area contributed by atoms with Crippen molar-refractivity contribution in [1.29, 1.82) is 0 Å². The largest absolute Gasteiger partial charge is 0.465 e. The number of esters is 2. The number of ether oxygens (including phenoxy) is 4. The lowest BCUT2D eigenvalue weighted by atomic mass is 9.89. The van der Waals surface area contributed by atoms with Crippen molar-refractivity contribution in [2.24, 2.45) is 17.8 Å². The normalized spacial score (nSPS) is 38.5. The fourth-order valence-corrected chi connectivity index (χ4v) is 4.39. The Bertz CT molecular complexity index is 534. The fourth-order valence-electron chi connectivity index (χ4n) is 4.39. The highest BCUT2D eigenvalue weighted by molar-refractivity contribution is 5.72. The molecule has 2 saturated carbocycles. The smallest absolute Gasteiger partial charge is 0.309 e. The second-order valence-corrected chi connectivity index (χ2v) is 8.56.